The zero-order valence-electron chi connectivity index (χ0n) is 11.2. The molecule has 0 amide bonds. The Hall–Kier alpha value is -1.32. The normalized spacial score (nSPS) is 32.2. The third-order valence-electron chi connectivity index (χ3n) is 4.54. The summed E-state index contributed by atoms with van der Waals surface area (Å²) in [5.74, 6) is 0.726. The van der Waals surface area contributed by atoms with E-state index in [2.05, 4.69) is 11.8 Å². The molecule has 2 unspecified atom stereocenters. The largest absolute Gasteiger partial charge is 0.458 e. The number of fused-ring (bicyclic) bond motifs is 1. The lowest BCUT2D eigenvalue weighted by Gasteiger charge is -2.21. The molecule has 19 heavy (non-hydrogen) atoms. The number of nitrogens with zero attached hydrogens (tertiary/aromatic N) is 1. The van der Waals surface area contributed by atoms with Crippen molar-refractivity contribution in [3.8, 4) is 0 Å². The highest BCUT2D eigenvalue weighted by atomic mass is 16.4. The van der Waals surface area contributed by atoms with Crippen molar-refractivity contribution in [1.29, 1.82) is 0 Å². The molecule has 2 aromatic rings. The van der Waals surface area contributed by atoms with Crippen molar-refractivity contribution in [2.45, 2.75) is 43.9 Å². The molecule has 1 aliphatic heterocycles. The maximum Gasteiger partial charge on any atom is 0.138 e. The van der Waals surface area contributed by atoms with Crippen molar-refractivity contribution < 1.29 is 9.52 Å². The summed E-state index contributed by atoms with van der Waals surface area (Å²) in [6.45, 7) is 2.91. The van der Waals surface area contributed by atoms with Crippen LogP contribution in [0.5, 0.6) is 0 Å². The molecule has 2 heterocycles. The molecule has 1 N–H and O–H groups in total. The van der Waals surface area contributed by atoms with Gasteiger partial charge >= 0.3 is 0 Å². The van der Waals surface area contributed by atoms with Crippen LogP contribution in [0.2, 0.25) is 0 Å². The second kappa shape index (κ2) is 3.84. The molecule has 4 rings (SSSR count). The summed E-state index contributed by atoms with van der Waals surface area (Å²) in [6.07, 6.45) is 3.32. The van der Waals surface area contributed by atoms with Crippen LogP contribution < -0.4 is 0 Å². The van der Waals surface area contributed by atoms with E-state index in [4.69, 9.17) is 4.42 Å². The molecule has 1 aliphatic carbocycles. The maximum absolute atomic E-state index is 10.9. The summed E-state index contributed by atoms with van der Waals surface area (Å²) in [4.78, 5) is 2.44. The average Bonchev–Trinajstić information content (AvgIpc) is 3.05. The van der Waals surface area contributed by atoms with E-state index >= 15 is 0 Å². The molecule has 2 atom stereocenters. The number of para-hydroxylation sites is 1. The predicted molar refractivity (Wildman–Crippen MR) is 73.9 cm³/mol. The Kier molecular flexibility index (Phi) is 2.32. The van der Waals surface area contributed by atoms with E-state index in [1.165, 1.54) is 12.8 Å². The van der Waals surface area contributed by atoms with Crippen molar-refractivity contribution in [2.24, 2.45) is 0 Å². The minimum absolute atomic E-state index is 0.436. The molecule has 3 heteroatoms. The molecule has 0 bridgehead atoms. The van der Waals surface area contributed by atoms with Gasteiger partial charge in [-0.15, -0.1) is 0 Å². The van der Waals surface area contributed by atoms with Gasteiger partial charge in [0.25, 0.3) is 0 Å². The first-order chi connectivity index (χ1) is 9.16. The number of β-amino-alcohol motifs (C(OH)–C–C–N with tert-alkyl or cyclic N) is 1. The highest BCUT2D eigenvalue weighted by molar-refractivity contribution is 5.77. The summed E-state index contributed by atoms with van der Waals surface area (Å²) in [5.41, 5.74) is 0.0459. The molecule has 3 nitrogen and oxygen atoms in total. The van der Waals surface area contributed by atoms with E-state index in [9.17, 15) is 5.11 Å². The van der Waals surface area contributed by atoms with Gasteiger partial charge in [0.1, 0.15) is 16.9 Å². The summed E-state index contributed by atoms with van der Waals surface area (Å²) in [5, 5.41) is 12.0. The monoisotopic (exact) mass is 257 g/mol. The van der Waals surface area contributed by atoms with Gasteiger partial charge in [-0.25, -0.2) is 0 Å². The molecule has 2 fully saturated rings. The van der Waals surface area contributed by atoms with E-state index < -0.39 is 5.60 Å². The molecule has 100 valence electrons. The van der Waals surface area contributed by atoms with Crippen LogP contribution in [-0.4, -0.2) is 28.6 Å². The summed E-state index contributed by atoms with van der Waals surface area (Å²) in [6, 6.07) is 11.1. The van der Waals surface area contributed by atoms with Gasteiger partial charge in [0, 0.05) is 24.0 Å². The van der Waals surface area contributed by atoms with Gasteiger partial charge in [0.15, 0.2) is 0 Å². The quantitative estimate of drug-likeness (QED) is 0.898. The van der Waals surface area contributed by atoms with Crippen LogP contribution in [-0.2, 0) is 5.60 Å². The molecule has 1 aromatic carbocycles. The highest BCUT2D eigenvalue weighted by Gasteiger charge is 2.48. The Labute approximate surface area is 112 Å². The molecule has 1 saturated carbocycles. The van der Waals surface area contributed by atoms with Crippen LogP contribution >= 0.6 is 0 Å². The second-order valence-electron chi connectivity index (χ2n) is 6.14. The Balaban J connectivity index is 1.70. The standard InChI is InChI=1S/C16H19NO2/c1-11-9-16(18,10-17(11)13-6-7-13)15-8-12-4-2-3-5-14(12)19-15/h2-5,8,11,13,18H,6-7,9-10H2,1H3. The molecule has 2 aliphatic rings. The lowest BCUT2D eigenvalue weighted by molar-refractivity contribution is 0.0249. The predicted octanol–water partition coefficient (Wildman–Crippen LogP) is 2.88. The second-order valence-corrected chi connectivity index (χ2v) is 6.14. The van der Waals surface area contributed by atoms with Crippen molar-refractivity contribution in [3.63, 3.8) is 0 Å². The highest BCUT2D eigenvalue weighted by Crippen LogP contribution is 2.42. The van der Waals surface area contributed by atoms with Crippen LogP contribution in [0.25, 0.3) is 11.0 Å². The summed E-state index contributed by atoms with van der Waals surface area (Å²) >= 11 is 0. The minimum atomic E-state index is -0.818. The molecule has 1 aromatic heterocycles. The fourth-order valence-corrected chi connectivity index (χ4v) is 3.41. The van der Waals surface area contributed by atoms with Crippen molar-refractivity contribution in [2.75, 3.05) is 6.54 Å². The van der Waals surface area contributed by atoms with Crippen LogP contribution in [0, 0.1) is 0 Å². The Morgan fingerprint density at radius 3 is 2.84 bits per heavy atom. The molecule has 0 radical (unpaired) electrons. The van der Waals surface area contributed by atoms with Gasteiger partial charge in [-0.3, -0.25) is 4.90 Å². The van der Waals surface area contributed by atoms with E-state index in [1.54, 1.807) is 0 Å². The maximum atomic E-state index is 10.9. The minimum Gasteiger partial charge on any atom is -0.458 e. The Morgan fingerprint density at radius 2 is 2.11 bits per heavy atom. The fraction of sp³-hybridized carbons (Fsp3) is 0.500. The van der Waals surface area contributed by atoms with Gasteiger partial charge in [-0.05, 0) is 38.3 Å². The smallest absolute Gasteiger partial charge is 0.138 e. The van der Waals surface area contributed by atoms with E-state index in [-0.39, 0.29) is 0 Å². The average molecular weight is 257 g/mol. The van der Waals surface area contributed by atoms with Gasteiger partial charge in [0.2, 0.25) is 0 Å². The number of hydrogen-bond donors (Lipinski definition) is 1. The number of furan rings is 1. The zero-order chi connectivity index (χ0) is 13.0. The Bertz CT molecular complexity index is 583. The van der Waals surface area contributed by atoms with Gasteiger partial charge in [-0.2, -0.15) is 0 Å². The molecular weight excluding hydrogens is 238 g/mol. The number of benzene rings is 1. The SMILES string of the molecule is CC1CC(O)(c2cc3ccccc3o2)CN1C1CC1. The number of likely N-dealkylation sites (tertiary alicyclic amines) is 1. The molecule has 0 spiro atoms. The summed E-state index contributed by atoms with van der Waals surface area (Å²) < 4.78 is 5.88. The lowest BCUT2D eigenvalue weighted by Crippen LogP contribution is -2.33. The van der Waals surface area contributed by atoms with Gasteiger partial charge in [0.05, 0.1) is 0 Å². The fourth-order valence-electron chi connectivity index (χ4n) is 3.41. The van der Waals surface area contributed by atoms with E-state index in [1.807, 2.05) is 30.3 Å². The molecular formula is C16H19NO2. The molecule has 1 saturated heterocycles. The number of hydrogen-bond acceptors (Lipinski definition) is 3. The lowest BCUT2D eigenvalue weighted by atomic mass is 9.97. The van der Waals surface area contributed by atoms with Crippen LogP contribution in [0.1, 0.15) is 31.9 Å². The van der Waals surface area contributed by atoms with Crippen molar-refractivity contribution >= 4 is 11.0 Å². The van der Waals surface area contributed by atoms with Crippen LogP contribution in [0.4, 0.5) is 0 Å². The van der Waals surface area contributed by atoms with Crippen molar-refractivity contribution in [1.82, 2.24) is 4.90 Å². The first kappa shape index (κ1) is 11.5. The van der Waals surface area contributed by atoms with Crippen LogP contribution in [0.3, 0.4) is 0 Å². The van der Waals surface area contributed by atoms with E-state index in [0.717, 1.165) is 23.2 Å². The Morgan fingerprint density at radius 1 is 1.32 bits per heavy atom. The topological polar surface area (TPSA) is 36.6 Å². The summed E-state index contributed by atoms with van der Waals surface area (Å²) in [7, 11) is 0. The number of rotatable bonds is 2. The van der Waals surface area contributed by atoms with E-state index in [0.29, 0.717) is 18.6 Å². The first-order valence-corrected chi connectivity index (χ1v) is 7.13. The third kappa shape index (κ3) is 1.80. The van der Waals surface area contributed by atoms with Crippen molar-refractivity contribution in [3.05, 3.63) is 36.1 Å². The van der Waals surface area contributed by atoms with Crippen LogP contribution in [0.15, 0.2) is 34.7 Å². The zero-order valence-corrected chi connectivity index (χ0v) is 11.2. The third-order valence-corrected chi connectivity index (χ3v) is 4.54. The first-order valence-electron chi connectivity index (χ1n) is 7.13. The number of aliphatic hydroxyl groups is 1. The van der Waals surface area contributed by atoms with Gasteiger partial charge < -0.3 is 9.52 Å². The van der Waals surface area contributed by atoms with Gasteiger partial charge in [-0.1, -0.05) is 18.2 Å².